The number of rotatable bonds is 32. The number of urea groups is 1. The monoisotopic (exact) mass is 1560 g/mol. The summed E-state index contributed by atoms with van der Waals surface area (Å²) in [6.45, 7) is 29.5. The Morgan fingerprint density at radius 2 is 0.892 bits per heavy atom. The Labute approximate surface area is 660 Å². The predicted molar refractivity (Wildman–Crippen MR) is 425 cm³/mol. The van der Waals surface area contributed by atoms with Crippen LogP contribution in [-0.2, 0) is 82.8 Å². The average molecular weight is 1560 g/mol. The zero-order chi connectivity index (χ0) is 82.1. The molecule has 2 aliphatic carbocycles. The van der Waals surface area contributed by atoms with Crippen molar-refractivity contribution in [3.05, 3.63) is 48.0 Å². The molecule has 28 nitrogen and oxygen atoms in total. The average Bonchev–Trinajstić information content (AvgIpc) is 0.839. The normalized spacial score (nSPS) is 18.8. The molecule has 1 aliphatic heterocycles. The molecule has 3 aliphatic rings. The van der Waals surface area contributed by atoms with E-state index in [0.29, 0.717) is 104 Å². The van der Waals surface area contributed by atoms with Crippen LogP contribution < -0.4 is 37.6 Å². The zero-order valence-electron chi connectivity index (χ0n) is 69.6. The summed E-state index contributed by atoms with van der Waals surface area (Å²) in [5, 5.41) is 19.5. The van der Waals surface area contributed by atoms with Crippen LogP contribution in [0, 0.1) is 11.8 Å². The lowest BCUT2D eigenvalue weighted by Crippen LogP contribution is -2.53. The van der Waals surface area contributed by atoms with Gasteiger partial charge in [-0.3, -0.25) is 58.0 Å². The van der Waals surface area contributed by atoms with E-state index >= 15 is 0 Å². The fraction of sp³-hybridized carbons (Fsp3) is 0.747. The van der Waals surface area contributed by atoms with Gasteiger partial charge in [-0.05, 0) is 216 Å². The van der Waals surface area contributed by atoms with Crippen LogP contribution in [0.4, 0.5) is 4.79 Å². The van der Waals surface area contributed by atoms with Crippen LogP contribution in [0.1, 0.15) is 231 Å². The maximum atomic E-state index is 14.4. The molecule has 8 N–H and O–H groups in total. The van der Waals surface area contributed by atoms with Gasteiger partial charge >= 0.3 is 41.8 Å². The number of hydrogen-bond acceptors (Lipinski definition) is 22. The van der Waals surface area contributed by atoms with Crippen LogP contribution in [-0.4, -0.2) is 242 Å². The fourth-order valence-electron chi connectivity index (χ4n) is 13.7. The summed E-state index contributed by atoms with van der Waals surface area (Å²) in [6.07, 6.45) is 11.4. The van der Waals surface area contributed by atoms with Gasteiger partial charge in [0, 0.05) is 84.2 Å². The van der Waals surface area contributed by atoms with E-state index in [9.17, 15) is 52.7 Å². The van der Waals surface area contributed by atoms with E-state index in [0.717, 1.165) is 54.9 Å². The van der Waals surface area contributed by atoms with Gasteiger partial charge in [0.2, 0.25) is 23.6 Å². The number of carbonyl (C=O) groups excluding carboxylic acids is 11. The zero-order valence-corrected chi connectivity index (χ0v) is 69.6. The highest BCUT2D eigenvalue weighted by molar-refractivity contribution is 5.91. The summed E-state index contributed by atoms with van der Waals surface area (Å²) < 4.78 is 34.4. The number of esters is 6. The second kappa shape index (κ2) is 46.0. The first-order valence-electron chi connectivity index (χ1n) is 40.7. The van der Waals surface area contributed by atoms with Crippen LogP contribution in [0.5, 0.6) is 0 Å². The van der Waals surface area contributed by atoms with E-state index in [1.54, 1.807) is 104 Å². The number of carbonyl (C=O) groups is 11. The SMILES string of the molecule is CC(C)(C)OC(=O)CC[C@H](NC(=O)N[C@@H](CCCCNC(=O)[C@H](Cc1ccc2ccccc2c1)NC(=O)[C@H]1CC[C@H](CNC(=O)[C@H](CCN)NC(=O)CN2CCN(CC(=O)OC(C)(C)C)CCN(CC(=O)OC(C)(C)C)CCN(CC(=O)OC(C)(C)C)CC2)CC1)C(=O)OC1CCCCCCCCC1)C(=O)OC(C)(C)C. The standard InChI is InChI=1S/C83H137N11O17/c1-79(2,3)107-69(96)39-38-66(77(104)111-83(13,14)15)90-78(105)89-65(76(103)106-63-29-21-19-17-16-18-20-22-30-63)31-25-26-42-85-75(102)67(52-59-34-35-60-27-23-24-28-62(60)51-59)88-73(100)61-36-32-58(33-37-61)53-86-74(101)64(40-41-84)87-68(95)54-91-43-45-92(55-70(97)108-80(4,5)6)47-49-94(57-72(99)110-82(10,11)12)50-48-93(46-44-91)56-71(98)109-81(7,8)9/h23-24,27-28,34-35,51,58,61,63-67H,16-22,25-26,29-33,36-50,52-57,84H2,1-15H3,(H,85,102)(H,86,101)(H,87,95)(H,88,100)(H2,89,90,105)/t58-,61-,64-,65-,66-,67-/m0/s1. The van der Waals surface area contributed by atoms with Gasteiger partial charge in [-0.2, -0.15) is 0 Å². The summed E-state index contributed by atoms with van der Waals surface area (Å²) in [5.74, 6) is -5.10. The van der Waals surface area contributed by atoms with Gasteiger partial charge in [0.05, 0.1) is 26.2 Å². The molecule has 0 unspecified atom stereocenters. The number of nitrogens with zero attached hydrogens (tertiary/aromatic N) is 4. The number of nitrogens with two attached hydrogens (primary N) is 1. The van der Waals surface area contributed by atoms with Gasteiger partial charge in [-0.25, -0.2) is 14.4 Å². The molecule has 6 amide bonds. The lowest BCUT2D eigenvalue weighted by molar-refractivity contribution is -0.159. The van der Waals surface area contributed by atoms with Crippen molar-refractivity contribution < 1.29 is 81.2 Å². The molecular formula is C83H137N11O17. The maximum Gasteiger partial charge on any atom is 0.329 e. The Hall–Kier alpha value is -7.53. The number of unbranched alkanes of at least 4 members (excludes halogenated alkanes) is 1. The van der Waals surface area contributed by atoms with Crippen molar-refractivity contribution in [1.29, 1.82) is 0 Å². The molecular weight excluding hydrogens is 1420 g/mol. The minimum absolute atomic E-state index is 0.00881. The van der Waals surface area contributed by atoms with E-state index in [1.807, 2.05) is 62.1 Å². The molecule has 1 heterocycles. The number of benzene rings is 2. The molecule has 111 heavy (non-hydrogen) atoms. The van der Waals surface area contributed by atoms with E-state index in [2.05, 4.69) is 31.9 Å². The number of hydrogen-bond donors (Lipinski definition) is 7. The van der Waals surface area contributed by atoms with Gasteiger partial charge in [-0.1, -0.05) is 74.6 Å². The topological polar surface area (TPSA) is 354 Å². The third kappa shape index (κ3) is 40.2. The Morgan fingerprint density at radius 1 is 0.441 bits per heavy atom. The van der Waals surface area contributed by atoms with E-state index < -0.39 is 118 Å². The molecule has 0 bridgehead atoms. The molecule has 0 radical (unpaired) electrons. The van der Waals surface area contributed by atoms with Crippen molar-refractivity contribution in [2.24, 2.45) is 17.6 Å². The van der Waals surface area contributed by atoms with E-state index in [-0.39, 0.29) is 95.8 Å². The third-order valence-electron chi connectivity index (χ3n) is 19.1. The second-order valence-corrected chi connectivity index (χ2v) is 35.3. The number of fused-ring (bicyclic) bond motifs is 1. The molecule has 2 saturated carbocycles. The molecule has 4 atom stereocenters. The minimum atomic E-state index is -1.26. The van der Waals surface area contributed by atoms with Crippen molar-refractivity contribution in [2.75, 3.05) is 98.2 Å². The van der Waals surface area contributed by atoms with E-state index in [1.165, 1.54) is 6.42 Å². The van der Waals surface area contributed by atoms with Crippen molar-refractivity contribution in [1.82, 2.24) is 51.5 Å². The van der Waals surface area contributed by atoms with Gasteiger partial charge < -0.3 is 66.1 Å². The molecule has 1 saturated heterocycles. The molecule has 0 aromatic heterocycles. The Balaban J connectivity index is 1.22. The summed E-state index contributed by atoms with van der Waals surface area (Å²) in [4.78, 5) is 159. The Morgan fingerprint density at radius 3 is 1.38 bits per heavy atom. The van der Waals surface area contributed by atoms with Crippen molar-refractivity contribution in [3.63, 3.8) is 0 Å². The third-order valence-corrected chi connectivity index (χ3v) is 19.1. The number of amides is 6. The largest absolute Gasteiger partial charge is 0.461 e. The lowest BCUT2D eigenvalue weighted by atomic mass is 9.81. The lowest BCUT2D eigenvalue weighted by Gasteiger charge is -2.34. The summed E-state index contributed by atoms with van der Waals surface area (Å²) in [5.41, 5.74) is 3.05. The first kappa shape index (κ1) is 94.1. The van der Waals surface area contributed by atoms with Crippen molar-refractivity contribution in [2.45, 2.75) is 291 Å². The minimum Gasteiger partial charge on any atom is -0.461 e. The van der Waals surface area contributed by atoms with Crippen molar-refractivity contribution >= 4 is 76.2 Å². The molecule has 28 heteroatoms. The summed E-state index contributed by atoms with van der Waals surface area (Å²) >= 11 is 0. The molecule has 0 spiro atoms. The van der Waals surface area contributed by atoms with Crippen LogP contribution in [0.25, 0.3) is 10.8 Å². The fourth-order valence-corrected chi connectivity index (χ4v) is 13.7. The second-order valence-electron chi connectivity index (χ2n) is 35.3. The molecule has 5 rings (SSSR count). The quantitative estimate of drug-likeness (QED) is 0.0207. The first-order chi connectivity index (χ1) is 52.1. The highest BCUT2D eigenvalue weighted by Crippen LogP contribution is 2.30. The molecule has 626 valence electrons. The Bertz CT molecular complexity index is 3250. The molecule has 2 aromatic rings. The first-order valence-corrected chi connectivity index (χ1v) is 40.7. The Kier molecular flexibility index (Phi) is 39.0. The van der Waals surface area contributed by atoms with E-state index in [4.69, 9.17) is 34.2 Å². The molecule has 2 aromatic carbocycles. The smallest absolute Gasteiger partial charge is 0.329 e. The summed E-state index contributed by atoms with van der Waals surface area (Å²) in [7, 11) is 0. The van der Waals surface area contributed by atoms with Crippen LogP contribution >= 0.6 is 0 Å². The number of ether oxygens (including phenoxy) is 6. The number of nitrogens with one attached hydrogen (secondary N) is 6. The van der Waals surface area contributed by atoms with Gasteiger partial charge in [0.15, 0.2) is 0 Å². The van der Waals surface area contributed by atoms with Crippen LogP contribution in [0.3, 0.4) is 0 Å². The van der Waals surface area contributed by atoms with Gasteiger partial charge in [0.1, 0.15) is 58.3 Å². The molecule has 3 fully saturated rings. The highest BCUT2D eigenvalue weighted by atomic mass is 16.6. The highest BCUT2D eigenvalue weighted by Gasteiger charge is 2.35. The predicted octanol–water partition coefficient (Wildman–Crippen LogP) is 8.09. The van der Waals surface area contributed by atoms with Crippen molar-refractivity contribution in [3.8, 4) is 0 Å². The summed E-state index contributed by atoms with van der Waals surface area (Å²) in [6, 6.07) is 8.66. The van der Waals surface area contributed by atoms with Crippen LogP contribution in [0.15, 0.2) is 42.5 Å². The van der Waals surface area contributed by atoms with Gasteiger partial charge in [-0.15, -0.1) is 0 Å². The maximum absolute atomic E-state index is 14.4. The van der Waals surface area contributed by atoms with Gasteiger partial charge in [0.25, 0.3) is 0 Å². The van der Waals surface area contributed by atoms with Crippen LogP contribution in [0.2, 0.25) is 0 Å².